The van der Waals surface area contributed by atoms with Crippen LogP contribution in [0.5, 0.6) is 0 Å². The van der Waals surface area contributed by atoms with Gasteiger partial charge in [-0.15, -0.1) is 0 Å². The SMILES string of the molecule is O=C(Cn1cccnc1=O)NC1CCCC1CO. The number of aromatic nitrogens is 2. The Morgan fingerprint density at radius 2 is 2.39 bits per heavy atom. The first kappa shape index (κ1) is 12.8. The lowest BCUT2D eigenvalue weighted by Gasteiger charge is -2.19. The van der Waals surface area contributed by atoms with E-state index in [4.69, 9.17) is 5.11 Å². The van der Waals surface area contributed by atoms with Crippen molar-refractivity contribution < 1.29 is 9.90 Å². The summed E-state index contributed by atoms with van der Waals surface area (Å²) < 4.78 is 1.26. The van der Waals surface area contributed by atoms with Crippen LogP contribution in [0.1, 0.15) is 19.3 Å². The molecule has 0 saturated heterocycles. The molecule has 1 saturated carbocycles. The van der Waals surface area contributed by atoms with Gasteiger partial charge in [0.05, 0.1) is 0 Å². The largest absolute Gasteiger partial charge is 0.396 e. The fourth-order valence-electron chi connectivity index (χ4n) is 2.36. The Hall–Kier alpha value is -1.69. The highest BCUT2D eigenvalue weighted by molar-refractivity contribution is 5.76. The summed E-state index contributed by atoms with van der Waals surface area (Å²) in [6, 6.07) is 1.63. The van der Waals surface area contributed by atoms with Gasteiger partial charge >= 0.3 is 5.69 Å². The number of amides is 1. The second-order valence-corrected chi connectivity index (χ2v) is 4.58. The van der Waals surface area contributed by atoms with Gasteiger partial charge in [0, 0.05) is 31.0 Å². The summed E-state index contributed by atoms with van der Waals surface area (Å²) in [6.45, 7) is 0.0686. The highest BCUT2D eigenvalue weighted by Crippen LogP contribution is 2.24. The molecule has 0 aliphatic heterocycles. The fourth-order valence-corrected chi connectivity index (χ4v) is 2.36. The number of rotatable bonds is 4. The average Bonchev–Trinajstić information content (AvgIpc) is 2.79. The first-order valence-corrected chi connectivity index (χ1v) is 6.12. The lowest BCUT2D eigenvalue weighted by Crippen LogP contribution is -2.41. The molecule has 0 aromatic carbocycles. The molecule has 2 atom stereocenters. The van der Waals surface area contributed by atoms with Crippen LogP contribution in [0.3, 0.4) is 0 Å². The molecule has 98 valence electrons. The Bertz CT molecular complexity index is 472. The lowest BCUT2D eigenvalue weighted by molar-refractivity contribution is -0.122. The maximum Gasteiger partial charge on any atom is 0.347 e. The Labute approximate surface area is 105 Å². The van der Waals surface area contributed by atoms with E-state index in [1.807, 2.05) is 0 Å². The number of nitrogens with zero attached hydrogens (tertiary/aromatic N) is 2. The van der Waals surface area contributed by atoms with Crippen LogP contribution < -0.4 is 11.0 Å². The second kappa shape index (κ2) is 5.77. The third-order valence-electron chi connectivity index (χ3n) is 3.34. The van der Waals surface area contributed by atoms with Crippen LogP contribution in [0.15, 0.2) is 23.3 Å². The predicted molar refractivity (Wildman–Crippen MR) is 64.9 cm³/mol. The van der Waals surface area contributed by atoms with Crippen molar-refractivity contribution in [3.05, 3.63) is 28.9 Å². The van der Waals surface area contributed by atoms with Gasteiger partial charge in [0.25, 0.3) is 0 Å². The van der Waals surface area contributed by atoms with Crippen LogP contribution in [-0.4, -0.2) is 33.2 Å². The topological polar surface area (TPSA) is 84.2 Å². The molecule has 0 bridgehead atoms. The van der Waals surface area contributed by atoms with Crippen LogP contribution >= 0.6 is 0 Å². The van der Waals surface area contributed by atoms with E-state index in [-0.39, 0.29) is 31.0 Å². The van der Waals surface area contributed by atoms with E-state index < -0.39 is 5.69 Å². The molecular formula is C12H17N3O3. The number of nitrogens with one attached hydrogen (secondary N) is 1. The number of aliphatic hydroxyl groups excluding tert-OH is 1. The van der Waals surface area contributed by atoms with Gasteiger partial charge in [-0.3, -0.25) is 9.36 Å². The van der Waals surface area contributed by atoms with E-state index in [1.165, 1.54) is 17.0 Å². The minimum Gasteiger partial charge on any atom is -0.396 e. The number of hydrogen-bond donors (Lipinski definition) is 2. The smallest absolute Gasteiger partial charge is 0.347 e. The van der Waals surface area contributed by atoms with Crippen LogP contribution in [0, 0.1) is 5.92 Å². The summed E-state index contributed by atoms with van der Waals surface area (Å²) in [5.41, 5.74) is -0.433. The molecule has 2 unspecified atom stereocenters. The molecular weight excluding hydrogens is 234 g/mol. The van der Waals surface area contributed by atoms with Crippen molar-refractivity contribution in [3.63, 3.8) is 0 Å². The van der Waals surface area contributed by atoms with E-state index in [2.05, 4.69) is 10.3 Å². The number of aliphatic hydroxyl groups is 1. The van der Waals surface area contributed by atoms with Gasteiger partial charge in [0.1, 0.15) is 6.54 Å². The summed E-state index contributed by atoms with van der Waals surface area (Å²) in [7, 11) is 0. The van der Waals surface area contributed by atoms with Crippen molar-refractivity contribution in [3.8, 4) is 0 Å². The second-order valence-electron chi connectivity index (χ2n) is 4.58. The van der Waals surface area contributed by atoms with Crippen molar-refractivity contribution in [1.29, 1.82) is 0 Å². The quantitative estimate of drug-likeness (QED) is 0.757. The van der Waals surface area contributed by atoms with E-state index >= 15 is 0 Å². The monoisotopic (exact) mass is 251 g/mol. The van der Waals surface area contributed by atoms with E-state index in [9.17, 15) is 9.59 Å². The van der Waals surface area contributed by atoms with Gasteiger partial charge in [0.2, 0.25) is 5.91 Å². The number of hydrogen-bond acceptors (Lipinski definition) is 4. The molecule has 1 amide bonds. The molecule has 1 heterocycles. The molecule has 1 aliphatic carbocycles. The first-order valence-electron chi connectivity index (χ1n) is 6.12. The van der Waals surface area contributed by atoms with E-state index in [0.717, 1.165) is 19.3 Å². The third-order valence-corrected chi connectivity index (χ3v) is 3.34. The summed E-state index contributed by atoms with van der Waals surface area (Å²) in [4.78, 5) is 26.7. The van der Waals surface area contributed by atoms with Gasteiger partial charge in [0.15, 0.2) is 0 Å². The van der Waals surface area contributed by atoms with Gasteiger partial charge < -0.3 is 10.4 Å². The molecule has 0 radical (unpaired) electrons. The summed E-state index contributed by atoms with van der Waals surface area (Å²) in [5, 5.41) is 12.0. The Balaban J connectivity index is 1.93. The van der Waals surface area contributed by atoms with Crippen molar-refractivity contribution in [1.82, 2.24) is 14.9 Å². The zero-order valence-corrected chi connectivity index (χ0v) is 10.1. The third kappa shape index (κ3) is 2.95. The van der Waals surface area contributed by atoms with Crippen molar-refractivity contribution in [2.45, 2.75) is 31.8 Å². The number of carbonyl (C=O) groups excluding carboxylic acids is 1. The van der Waals surface area contributed by atoms with Crippen molar-refractivity contribution in [2.24, 2.45) is 5.92 Å². The van der Waals surface area contributed by atoms with Crippen LogP contribution in [0.4, 0.5) is 0 Å². The molecule has 2 N–H and O–H groups in total. The standard InChI is InChI=1S/C12H17N3O3/c16-8-9-3-1-4-10(9)14-11(17)7-15-6-2-5-13-12(15)18/h2,5-6,9-10,16H,1,3-4,7-8H2,(H,14,17). The highest BCUT2D eigenvalue weighted by atomic mass is 16.3. The van der Waals surface area contributed by atoms with Crippen LogP contribution in [-0.2, 0) is 11.3 Å². The average molecular weight is 251 g/mol. The van der Waals surface area contributed by atoms with E-state index in [0.29, 0.717) is 0 Å². The Morgan fingerprint density at radius 1 is 1.56 bits per heavy atom. The van der Waals surface area contributed by atoms with Crippen LogP contribution in [0.2, 0.25) is 0 Å². The van der Waals surface area contributed by atoms with Gasteiger partial charge in [-0.25, -0.2) is 9.78 Å². The minimum absolute atomic E-state index is 0.0230. The Kier molecular flexibility index (Phi) is 4.09. The molecule has 6 nitrogen and oxygen atoms in total. The maximum atomic E-state index is 11.8. The summed E-state index contributed by atoms with van der Waals surface area (Å²) in [6.07, 6.45) is 5.78. The highest BCUT2D eigenvalue weighted by Gasteiger charge is 2.27. The normalized spacial score (nSPS) is 22.9. The lowest BCUT2D eigenvalue weighted by atomic mass is 10.1. The minimum atomic E-state index is -0.433. The molecule has 6 heteroatoms. The van der Waals surface area contributed by atoms with Gasteiger partial charge in [-0.2, -0.15) is 0 Å². The van der Waals surface area contributed by atoms with Crippen molar-refractivity contribution in [2.75, 3.05) is 6.61 Å². The molecule has 1 aromatic rings. The predicted octanol–water partition coefficient (Wildman–Crippen LogP) is -0.479. The summed E-state index contributed by atoms with van der Waals surface area (Å²) in [5.74, 6) is -0.0741. The first-order chi connectivity index (χ1) is 8.70. The maximum absolute atomic E-state index is 11.8. The molecule has 0 spiro atoms. The van der Waals surface area contributed by atoms with Crippen LogP contribution in [0.25, 0.3) is 0 Å². The molecule has 1 aromatic heterocycles. The molecule has 1 fully saturated rings. The zero-order valence-electron chi connectivity index (χ0n) is 10.1. The van der Waals surface area contributed by atoms with Gasteiger partial charge in [-0.05, 0) is 18.9 Å². The van der Waals surface area contributed by atoms with Gasteiger partial charge in [-0.1, -0.05) is 6.42 Å². The summed E-state index contributed by atoms with van der Waals surface area (Å²) >= 11 is 0. The van der Waals surface area contributed by atoms with Crippen molar-refractivity contribution >= 4 is 5.91 Å². The Morgan fingerprint density at radius 3 is 3.11 bits per heavy atom. The molecule has 1 aliphatic rings. The molecule has 2 rings (SSSR count). The fraction of sp³-hybridized carbons (Fsp3) is 0.583. The molecule has 18 heavy (non-hydrogen) atoms. The number of carbonyl (C=O) groups is 1. The zero-order chi connectivity index (χ0) is 13.0. The van der Waals surface area contributed by atoms with E-state index in [1.54, 1.807) is 6.07 Å².